The monoisotopic (exact) mass is 379 g/mol. The highest BCUT2D eigenvalue weighted by molar-refractivity contribution is 8.00. The van der Waals surface area contributed by atoms with Crippen LogP contribution >= 0.6 is 11.8 Å². The topological polar surface area (TPSA) is 72.7 Å². The molecule has 0 saturated heterocycles. The number of carbonyl (C=O) groups is 1. The largest absolute Gasteiger partial charge is 0.325 e. The van der Waals surface area contributed by atoms with Gasteiger partial charge in [0.2, 0.25) is 5.91 Å². The first-order chi connectivity index (χ1) is 13.1. The Morgan fingerprint density at radius 2 is 2.11 bits per heavy atom. The second kappa shape index (κ2) is 8.64. The van der Waals surface area contributed by atoms with Crippen LogP contribution in [0.3, 0.4) is 0 Å². The summed E-state index contributed by atoms with van der Waals surface area (Å²) in [4.78, 5) is 16.7. The van der Waals surface area contributed by atoms with Gasteiger partial charge < -0.3 is 5.32 Å². The van der Waals surface area contributed by atoms with Crippen LogP contribution in [0.5, 0.6) is 0 Å². The molecule has 0 aliphatic carbocycles. The van der Waals surface area contributed by atoms with E-state index in [0.717, 1.165) is 16.8 Å². The van der Waals surface area contributed by atoms with E-state index in [2.05, 4.69) is 27.1 Å². The Morgan fingerprint density at radius 1 is 1.30 bits per heavy atom. The van der Waals surface area contributed by atoms with E-state index in [1.807, 2.05) is 54.8 Å². The summed E-state index contributed by atoms with van der Waals surface area (Å²) in [5.41, 5.74) is 2.71. The minimum absolute atomic E-state index is 0.0784. The van der Waals surface area contributed by atoms with Gasteiger partial charge in [0, 0.05) is 30.2 Å². The Kier molecular flexibility index (Phi) is 6.03. The Balaban J connectivity index is 1.78. The van der Waals surface area contributed by atoms with Gasteiger partial charge in [-0.05, 0) is 37.6 Å². The number of benzene rings is 1. The third-order valence-corrected chi connectivity index (χ3v) is 5.08. The van der Waals surface area contributed by atoms with Gasteiger partial charge in [-0.1, -0.05) is 36.0 Å². The van der Waals surface area contributed by atoms with Crippen molar-refractivity contribution in [3.05, 3.63) is 67.0 Å². The molecule has 0 unspecified atom stereocenters. The molecule has 138 valence electrons. The Bertz CT molecular complexity index is 939. The van der Waals surface area contributed by atoms with Gasteiger partial charge in [0.15, 0.2) is 11.0 Å². The fourth-order valence-corrected chi connectivity index (χ4v) is 3.40. The first kappa shape index (κ1) is 18.8. The predicted octanol–water partition coefficient (Wildman–Crippen LogP) is 3.95. The lowest BCUT2D eigenvalue weighted by molar-refractivity contribution is -0.115. The number of pyridine rings is 1. The first-order valence-corrected chi connectivity index (χ1v) is 9.45. The summed E-state index contributed by atoms with van der Waals surface area (Å²) in [5.74, 6) is 0.627. The lowest BCUT2D eigenvalue weighted by Gasteiger charge is -2.14. The van der Waals surface area contributed by atoms with Crippen molar-refractivity contribution in [3.8, 4) is 11.4 Å². The summed E-state index contributed by atoms with van der Waals surface area (Å²) in [6.07, 6.45) is 5.24. The molecular weight excluding hydrogens is 358 g/mol. The molecule has 0 aliphatic rings. The van der Waals surface area contributed by atoms with Crippen LogP contribution in [-0.4, -0.2) is 30.9 Å². The van der Waals surface area contributed by atoms with Crippen molar-refractivity contribution in [1.82, 2.24) is 19.7 Å². The summed E-state index contributed by atoms with van der Waals surface area (Å²) >= 11 is 1.37. The zero-order valence-corrected chi connectivity index (χ0v) is 16.1. The highest BCUT2D eigenvalue weighted by Crippen LogP contribution is 2.27. The zero-order valence-electron chi connectivity index (χ0n) is 15.3. The lowest BCUT2D eigenvalue weighted by atomic mass is 10.2. The van der Waals surface area contributed by atoms with Crippen LogP contribution in [0.25, 0.3) is 11.4 Å². The van der Waals surface area contributed by atoms with Crippen LogP contribution in [0, 0.1) is 6.92 Å². The molecule has 3 aromatic rings. The quantitative estimate of drug-likeness (QED) is 0.497. The highest BCUT2D eigenvalue weighted by atomic mass is 32.2. The predicted molar refractivity (Wildman–Crippen MR) is 109 cm³/mol. The minimum Gasteiger partial charge on any atom is -0.325 e. The van der Waals surface area contributed by atoms with E-state index >= 15 is 0 Å². The van der Waals surface area contributed by atoms with E-state index in [-0.39, 0.29) is 11.2 Å². The molecule has 2 heterocycles. The van der Waals surface area contributed by atoms with Crippen molar-refractivity contribution in [1.29, 1.82) is 0 Å². The lowest BCUT2D eigenvalue weighted by Crippen LogP contribution is -2.23. The summed E-state index contributed by atoms with van der Waals surface area (Å²) < 4.78 is 1.94. The van der Waals surface area contributed by atoms with Gasteiger partial charge in [-0.2, -0.15) is 0 Å². The number of aromatic nitrogens is 4. The standard InChI is InChI=1S/C20H21N5OS/c1-4-12-25-18(16-9-7-11-21-13-16)23-24-20(25)27-15(3)19(26)22-17-10-6-5-8-14(17)2/h4-11,13,15H,1,12H2,2-3H3,(H,22,26)/t15-/m0/s1. The Labute approximate surface area is 162 Å². The van der Waals surface area contributed by atoms with Crippen LogP contribution in [-0.2, 0) is 11.3 Å². The van der Waals surface area contributed by atoms with Crippen molar-refractivity contribution >= 4 is 23.4 Å². The number of anilines is 1. The average Bonchev–Trinajstić information content (AvgIpc) is 3.07. The molecule has 0 radical (unpaired) electrons. The van der Waals surface area contributed by atoms with E-state index in [1.165, 1.54) is 11.8 Å². The van der Waals surface area contributed by atoms with Crippen molar-refractivity contribution in [3.63, 3.8) is 0 Å². The maximum Gasteiger partial charge on any atom is 0.237 e. The number of aryl methyl sites for hydroxylation is 1. The molecule has 2 aromatic heterocycles. The number of nitrogens with zero attached hydrogens (tertiary/aromatic N) is 4. The molecule has 0 fully saturated rings. The third-order valence-electron chi connectivity index (χ3n) is 4.00. The molecule has 3 rings (SSSR count). The molecule has 0 spiro atoms. The fraction of sp³-hybridized carbons (Fsp3) is 0.200. The Hall–Kier alpha value is -2.93. The number of hydrogen-bond acceptors (Lipinski definition) is 5. The van der Waals surface area contributed by atoms with Gasteiger partial charge in [-0.3, -0.25) is 14.3 Å². The summed E-state index contributed by atoms with van der Waals surface area (Å²) in [6, 6.07) is 11.5. The van der Waals surface area contributed by atoms with Crippen molar-refractivity contribution in [2.75, 3.05) is 5.32 Å². The van der Waals surface area contributed by atoms with Gasteiger partial charge in [-0.25, -0.2) is 0 Å². The second-order valence-electron chi connectivity index (χ2n) is 6.01. The molecule has 0 aliphatic heterocycles. The molecule has 1 atom stereocenters. The SMILES string of the molecule is C=CCn1c(S[C@@H](C)C(=O)Nc2ccccc2C)nnc1-c1cccnc1. The van der Waals surface area contributed by atoms with Crippen molar-refractivity contribution < 1.29 is 4.79 Å². The maximum absolute atomic E-state index is 12.6. The number of amides is 1. The minimum atomic E-state index is -0.334. The summed E-state index contributed by atoms with van der Waals surface area (Å²) in [7, 11) is 0. The average molecular weight is 379 g/mol. The zero-order chi connectivity index (χ0) is 19.2. The van der Waals surface area contributed by atoms with E-state index in [9.17, 15) is 4.79 Å². The highest BCUT2D eigenvalue weighted by Gasteiger charge is 2.21. The number of hydrogen-bond donors (Lipinski definition) is 1. The number of para-hydroxylation sites is 1. The molecule has 0 bridgehead atoms. The maximum atomic E-state index is 12.6. The van der Waals surface area contributed by atoms with E-state index in [4.69, 9.17) is 0 Å². The van der Waals surface area contributed by atoms with Gasteiger partial charge in [0.1, 0.15) is 0 Å². The van der Waals surface area contributed by atoms with Gasteiger partial charge in [0.25, 0.3) is 0 Å². The fourth-order valence-electron chi connectivity index (χ4n) is 2.54. The van der Waals surface area contributed by atoms with E-state index in [1.54, 1.807) is 18.5 Å². The van der Waals surface area contributed by atoms with E-state index < -0.39 is 0 Å². The van der Waals surface area contributed by atoms with Crippen molar-refractivity contribution in [2.45, 2.75) is 30.8 Å². The number of nitrogens with one attached hydrogen (secondary N) is 1. The number of thioether (sulfide) groups is 1. The van der Waals surface area contributed by atoms with Crippen LogP contribution < -0.4 is 5.32 Å². The van der Waals surface area contributed by atoms with Gasteiger partial charge in [-0.15, -0.1) is 16.8 Å². The van der Waals surface area contributed by atoms with Crippen LogP contribution in [0.2, 0.25) is 0 Å². The van der Waals surface area contributed by atoms with Crippen LogP contribution in [0.1, 0.15) is 12.5 Å². The van der Waals surface area contributed by atoms with E-state index in [0.29, 0.717) is 17.5 Å². The molecule has 6 nitrogen and oxygen atoms in total. The van der Waals surface area contributed by atoms with Crippen molar-refractivity contribution in [2.24, 2.45) is 0 Å². The summed E-state index contributed by atoms with van der Waals surface area (Å²) in [5, 5.41) is 11.9. The summed E-state index contributed by atoms with van der Waals surface area (Å²) in [6.45, 7) is 8.18. The molecule has 1 amide bonds. The third kappa shape index (κ3) is 4.43. The molecule has 1 aromatic carbocycles. The number of carbonyl (C=O) groups excluding carboxylic acids is 1. The molecule has 7 heteroatoms. The Morgan fingerprint density at radius 3 is 2.81 bits per heavy atom. The smallest absolute Gasteiger partial charge is 0.237 e. The van der Waals surface area contributed by atoms with Gasteiger partial charge in [0.05, 0.1) is 5.25 Å². The molecule has 1 N–H and O–H groups in total. The molecule has 0 saturated carbocycles. The number of rotatable bonds is 7. The van der Waals surface area contributed by atoms with Gasteiger partial charge >= 0.3 is 0 Å². The first-order valence-electron chi connectivity index (χ1n) is 8.57. The second-order valence-corrected chi connectivity index (χ2v) is 7.32. The normalized spacial score (nSPS) is 11.8. The number of allylic oxidation sites excluding steroid dienone is 1. The molecular formula is C20H21N5OS. The molecule has 27 heavy (non-hydrogen) atoms. The van der Waals surface area contributed by atoms with Crippen LogP contribution in [0.4, 0.5) is 5.69 Å². The van der Waals surface area contributed by atoms with Crippen LogP contribution in [0.15, 0.2) is 66.6 Å².